The molecular formula is C11H14O5. The lowest BCUT2D eigenvalue weighted by Crippen LogP contribution is -2.37. The highest BCUT2D eigenvalue weighted by molar-refractivity contribution is 6.41. The number of methoxy groups -OCH3 is 2. The van der Waals surface area contributed by atoms with Crippen LogP contribution in [0.25, 0.3) is 0 Å². The molecule has 16 heavy (non-hydrogen) atoms. The second kappa shape index (κ2) is 3.57. The van der Waals surface area contributed by atoms with Gasteiger partial charge in [-0.2, -0.15) is 0 Å². The predicted octanol–water partition coefficient (Wildman–Crippen LogP) is 0.318. The summed E-state index contributed by atoms with van der Waals surface area (Å²) in [6, 6.07) is 0. The van der Waals surface area contributed by atoms with Crippen molar-refractivity contribution in [1.82, 2.24) is 0 Å². The maximum absolute atomic E-state index is 11.9. The SMILES string of the molecule is COC(=O)C(=O)C1(C(=O)OC)C2CCCC21. The summed E-state index contributed by atoms with van der Waals surface area (Å²) in [5, 5.41) is 0. The van der Waals surface area contributed by atoms with Crippen LogP contribution >= 0.6 is 0 Å². The highest BCUT2D eigenvalue weighted by Gasteiger charge is 2.77. The first-order chi connectivity index (χ1) is 7.60. The van der Waals surface area contributed by atoms with Crippen LogP contribution in [0, 0.1) is 17.3 Å². The standard InChI is InChI=1S/C11H14O5/c1-15-9(13)8(12)11(10(14)16-2)6-4-3-5-7(6)11/h6-7H,3-5H2,1-2H3. The lowest BCUT2D eigenvalue weighted by Gasteiger charge is -2.15. The third-order valence-electron chi connectivity index (χ3n) is 3.85. The van der Waals surface area contributed by atoms with Gasteiger partial charge in [0.2, 0.25) is 0 Å². The van der Waals surface area contributed by atoms with E-state index in [4.69, 9.17) is 0 Å². The van der Waals surface area contributed by atoms with Crippen LogP contribution < -0.4 is 0 Å². The van der Waals surface area contributed by atoms with E-state index < -0.39 is 23.1 Å². The van der Waals surface area contributed by atoms with E-state index >= 15 is 0 Å². The van der Waals surface area contributed by atoms with Gasteiger partial charge in [0.15, 0.2) is 0 Å². The minimum Gasteiger partial charge on any atom is -0.468 e. The van der Waals surface area contributed by atoms with Gasteiger partial charge in [-0.3, -0.25) is 9.59 Å². The number of carbonyl (C=O) groups is 3. The average molecular weight is 226 g/mol. The molecule has 0 aliphatic heterocycles. The molecule has 2 aliphatic rings. The number of esters is 2. The highest BCUT2D eigenvalue weighted by Crippen LogP contribution is 2.68. The van der Waals surface area contributed by atoms with Crippen LogP contribution in [-0.4, -0.2) is 31.9 Å². The molecule has 0 radical (unpaired) electrons. The van der Waals surface area contributed by atoms with Crippen LogP contribution in [0.4, 0.5) is 0 Å². The molecule has 0 spiro atoms. The molecule has 2 aliphatic carbocycles. The molecule has 2 atom stereocenters. The molecule has 5 heteroatoms. The highest BCUT2D eigenvalue weighted by atomic mass is 16.5. The summed E-state index contributed by atoms with van der Waals surface area (Å²) in [5.41, 5.74) is -1.22. The number of ketones is 1. The van der Waals surface area contributed by atoms with Crippen molar-refractivity contribution in [3.63, 3.8) is 0 Å². The predicted molar refractivity (Wildman–Crippen MR) is 52.3 cm³/mol. The fourth-order valence-corrected chi connectivity index (χ4v) is 3.12. The van der Waals surface area contributed by atoms with Crippen LogP contribution in [-0.2, 0) is 23.9 Å². The molecule has 0 N–H and O–H groups in total. The van der Waals surface area contributed by atoms with Gasteiger partial charge in [-0.1, -0.05) is 6.42 Å². The summed E-state index contributed by atoms with van der Waals surface area (Å²) in [5.74, 6) is -2.31. The van der Waals surface area contributed by atoms with Gasteiger partial charge in [-0.25, -0.2) is 4.79 Å². The molecule has 2 unspecified atom stereocenters. The van der Waals surface area contributed by atoms with Crippen LogP contribution in [0.1, 0.15) is 19.3 Å². The van der Waals surface area contributed by atoms with E-state index in [0.29, 0.717) is 0 Å². The Morgan fingerprint density at radius 2 is 1.62 bits per heavy atom. The molecule has 2 fully saturated rings. The molecule has 2 rings (SSSR count). The van der Waals surface area contributed by atoms with Crippen molar-refractivity contribution in [3.8, 4) is 0 Å². The lowest BCUT2D eigenvalue weighted by molar-refractivity contribution is -0.163. The molecule has 0 saturated heterocycles. The number of Topliss-reactive ketones (excluding diaryl/α,β-unsaturated/α-hetero) is 1. The van der Waals surface area contributed by atoms with Crippen LogP contribution in [0.5, 0.6) is 0 Å². The average Bonchev–Trinajstić information content (AvgIpc) is 2.70. The molecule has 88 valence electrons. The number of ether oxygens (including phenoxy) is 2. The fourth-order valence-electron chi connectivity index (χ4n) is 3.12. The van der Waals surface area contributed by atoms with Crippen molar-refractivity contribution in [2.75, 3.05) is 14.2 Å². The van der Waals surface area contributed by atoms with Crippen molar-refractivity contribution >= 4 is 17.7 Å². The van der Waals surface area contributed by atoms with Gasteiger partial charge >= 0.3 is 11.9 Å². The smallest absolute Gasteiger partial charge is 0.375 e. The van der Waals surface area contributed by atoms with Crippen LogP contribution in [0.15, 0.2) is 0 Å². The summed E-state index contributed by atoms with van der Waals surface area (Å²) in [4.78, 5) is 34.9. The van der Waals surface area contributed by atoms with Gasteiger partial charge in [0.05, 0.1) is 14.2 Å². The first-order valence-corrected chi connectivity index (χ1v) is 5.31. The first-order valence-electron chi connectivity index (χ1n) is 5.31. The Morgan fingerprint density at radius 3 is 2.06 bits per heavy atom. The van der Waals surface area contributed by atoms with Gasteiger partial charge in [-0.15, -0.1) is 0 Å². The van der Waals surface area contributed by atoms with Crippen molar-refractivity contribution in [1.29, 1.82) is 0 Å². The molecule has 0 aromatic heterocycles. The number of fused-ring (bicyclic) bond motifs is 1. The lowest BCUT2D eigenvalue weighted by atomic mass is 9.91. The monoisotopic (exact) mass is 226 g/mol. The van der Waals surface area contributed by atoms with Crippen molar-refractivity contribution in [2.24, 2.45) is 17.3 Å². The third kappa shape index (κ3) is 1.14. The Bertz CT molecular complexity index is 349. The van der Waals surface area contributed by atoms with E-state index in [1.807, 2.05) is 0 Å². The maximum Gasteiger partial charge on any atom is 0.375 e. The van der Waals surface area contributed by atoms with E-state index in [2.05, 4.69) is 9.47 Å². The minimum absolute atomic E-state index is 0.0217. The quantitative estimate of drug-likeness (QED) is 0.393. The Labute approximate surface area is 93.1 Å². The summed E-state index contributed by atoms with van der Waals surface area (Å²) < 4.78 is 9.06. The molecule has 0 bridgehead atoms. The summed E-state index contributed by atoms with van der Waals surface area (Å²) >= 11 is 0. The number of rotatable bonds is 3. The zero-order valence-electron chi connectivity index (χ0n) is 9.32. The van der Waals surface area contributed by atoms with Crippen molar-refractivity contribution in [2.45, 2.75) is 19.3 Å². The molecule has 0 aromatic rings. The summed E-state index contributed by atoms with van der Waals surface area (Å²) in [6.07, 6.45) is 2.62. The van der Waals surface area contributed by atoms with E-state index in [1.54, 1.807) is 0 Å². The second-order valence-corrected chi connectivity index (χ2v) is 4.33. The summed E-state index contributed by atoms with van der Waals surface area (Å²) in [7, 11) is 2.38. The van der Waals surface area contributed by atoms with Gasteiger partial charge in [-0.05, 0) is 24.7 Å². The minimum atomic E-state index is -1.22. The van der Waals surface area contributed by atoms with Gasteiger partial charge in [0.1, 0.15) is 5.41 Å². The number of hydrogen-bond acceptors (Lipinski definition) is 5. The first kappa shape index (κ1) is 11.1. The second-order valence-electron chi connectivity index (χ2n) is 4.33. The Hall–Kier alpha value is -1.39. The molecule has 0 amide bonds. The Kier molecular flexibility index (Phi) is 2.48. The van der Waals surface area contributed by atoms with Crippen molar-refractivity contribution in [3.05, 3.63) is 0 Å². The number of carbonyl (C=O) groups excluding carboxylic acids is 3. The third-order valence-corrected chi connectivity index (χ3v) is 3.85. The topological polar surface area (TPSA) is 69.7 Å². The molecular weight excluding hydrogens is 212 g/mol. The normalized spacial score (nSPS) is 35.1. The van der Waals surface area contributed by atoms with E-state index in [-0.39, 0.29) is 11.8 Å². The van der Waals surface area contributed by atoms with Crippen LogP contribution in [0.2, 0.25) is 0 Å². The van der Waals surface area contributed by atoms with Gasteiger partial charge < -0.3 is 9.47 Å². The molecule has 0 aromatic carbocycles. The zero-order chi connectivity index (χ0) is 11.9. The van der Waals surface area contributed by atoms with E-state index in [1.165, 1.54) is 7.11 Å². The van der Waals surface area contributed by atoms with Crippen molar-refractivity contribution < 1.29 is 23.9 Å². The molecule has 5 nitrogen and oxygen atoms in total. The van der Waals surface area contributed by atoms with E-state index in [0.717, 1.165) is 26.4 Å². The fraction of sp³-hybridized carbons (Fsp3) is 0.727. The van der Waals surface area contributed by atoms with E-state index in [9.17, 15) is 14.4 Å². The Balaban J connectivity index is 2.28. The molecule has 2 saturated carbocycles. The Morgan fingerprint density at radius 1 is 1.06 bits per heavy atom. The summed E-state index contributed by atoms with van der Waals surface area (Å²) in [6.45, 7) is 0. The van der Waals surface area contributed by atoms with Crippen LogP contribution in [0.3, 0.4) is 0 Å². The maximum atomic E-state index is 11.9. The largest absolute Gasteiger partial charge is 0.468 e. The zero-order valence-corrected chi connectivity index (χ0v) is 9.32. The van der Waals surface area contributed by atoms with Gasteiger partial charge in [0, 0.05) is 0 Å². The number of hydrogen-bond donors (Lipinski definition) is 0. The van der Waals surface area contributed by atoms with Gasteiger partial charge in [0.25, 0.3) is 5.78 Å². The molecule has 0 heterocycles.